The summed E-state index contributed by atoms with van der Waals surface area (Å²) in [5.41, 5.74) is 1.31. The molecule has 1 amide bonds. The van der Waals surface area contributed by atoms with E-state index >= 15 is 0 Å². The molecule has 0 bridgehead atoms. The molecule has 2 heterocycles. The van der Waals surface area contributed by atoms with Crippen LogP contribution in [-0.2, 0) is 0 Å². The van der Waals surface area contributed by atoms with Crippen molar-refractivity contribution in [3.63, 3.8) is 0 Å². The number of aromatic nitrogens is 2. The highest BCUT2D eigenvalue weighted by atomic mass is 35.5. The summed E-state index contributed by atoms with van der Waals surface area (Å²) >= 11 is 6.20. The van der Waals surface area contributed by atoms with E-state index in [4.69, 9.17) is 11.6 Å². The van der Waals surface area contributed by atoms with Crippen LogP contribution in [0.15, 0.2) is 30.3 Å². The van der Waals surface area contributed by atoms with Crippen LogP contribution in [0.1, 0.15) is 43.6 Å². The molecule has 5 nitrogen and oxygen atoms in total. The Morgan fingerprint density at radius 3 is 2.68 bits per heavy atom. The number of H-pyrrole nitrogens is 1. The number of benzene rings is 1. The van der Waals surface area contributed by atoms with Crippen molar-refractivity contribution in [1.29, 1.82) is 0 Å². The summed E-state index contributed by atoms with van der Waals surface area (Å²) in [6.07, 6.45) is 2.61. The van der Waals surface area contributed by atoms with Crippen LogP contribution in [0.5, 0.6) is 0 Å². The number of aliphatic hydroxyl groups is 1. The third-order valence-electron chi connectivity index (χ3n) is 4.65. The summed E-state index contributed by atoms with van der Waals surface area (Å²) in [7, 11) is 0. The number of carbonyl (C=O) groups is 1. The number of rotatable bonds is 4. The van der Waals surface area contributed by atoms with Crippen LogP contribution >= 0.6 is 11.6 Å². The van der Waals surface area contributed by atoms with Gasteiger partial charge in [0.2, 0.25) is 0 Å². The summed E-state index contributed by atoms with van der Waals surface area (Å²) < 4.78 is 0. The Hall–Kier alpha value is -1.85. The minimum Gasteiger partial charge on any atom is -0.390 e. The van der Waals surface area contributed by atoms with Crippen LogP contribution in [-0.4, -0.2) is 44.8 Å². The van der Waals surface area contributed by atoms with Gasteiger partial charge in [0.05, 0.1) is 16.3 Å². The van der Waals surface area contributed by atoms with Crippen LogP contribution in [0.4, 0.5) is 0 Å². The Bertz CT molecular complexity index is 743. The zero-order chi connectivity index (χ0) is 18.0. The standard InChI is InChI=1S/C19H24ClN3O2/c1-19(2,25)12-13-7-9-23(10-8-13)18(24)17-11-16(21-22-17)14-5-3-4-6-15(14)20/h3-6,11,13,25H,7-10,12H2,1-2H3,(H,21,22). The van der Waals surface area contributed by atoms with Crippen LogP contribution in [0.25, 0.3) is 11.3 Å². The lowest BCUT2D eigenvalue weighted by Crippen LogP contribution is -2.40. The van der Waals surface area contributed by atoms with E-state index in [1.165, 1.54) is 0 Å². The highest BCUT2D eigenvalue weighted by Gasteiger charge is 2.28. The van der Waals surface area contributed by atoms with Crippen molar-refractivity contribution >= 4 is 17.5 Å². The second-order valence-corrected chi connectivity index (χ2v) is 7.81. The number of hydrogen-bond acceptors (Lipinski definition) is 3. The van der Waals surface area contributed by atoms with Gasteiger partial charge in [0, 0.05) is 18.7 Å². The molecule has 0 atom stereocenters. The first-order chi connectivity index (χ1) is 11.8. The average Bonchev–Trinajstić information content (AvgIpc) is 3.03. The SMILES string of the molecule is CC(C)(O)CC1CCN(C(=O)c2cc(-c3ccccc3Cl)n[nH]2)CC1. The molecule has 1 saturated heterocycles. The number of hydrogen-bond donors (Lipinski definition) is 2. The first-order valence-corrected chi connectivity index (χ1v) is 9.03. The van der Waals surface area contributed by atoms with E-state index in [2.05, 4.69) is 10.2 Å². The van der Waals surface area contributed by atoms with Crippen LogP contribution in [0, 0.1) is 5.92 Å². The van der Waals surface area contributed by atoms with E-state index in [1.807, 2.05) is 36.9 Å². The molecule has 3 rings (SSSR count). The molecule has 1 fully saturated rings. The lowest BCUT2D eigenvalue weighted by molar-refractivity contribution is 0.0357. The van der Waals surface area contributed by atoms with Gasteiger partial charge in [-0.1, -0.05) is 29.8 Å². The fourth-order valence-electron chi connectivity index (χ4n) is 3.46. The van der Waals surface area contributed by atoms with Gasteiger partial charge in [0.1, 0.15) is 5.69 Å². The predicted octanol–water partition coefficient (Wildman–Crippen LogP) is 3.74. The fourth-order valence-corrected chi connectivity index (χ4v) is 3.69. The Balaban J connectivity index is 1.64. The Labute approximate surface area is 153 Å². The van der Waals surface area contributed by atoms with Crippen LogP contribution < -0.4 is 0 Å². The smallest absolute Gasteiger partial charge is 0.271 e. The highest BCUT2D eigenvalue weighted by molar-refractivity contribution is 6.33. The molecule has 1 aromatic heterocycles. The number of carbonyl (C=O) groups excluding carboxylic acids is 1. The first kappa shape index (κ1) is 18.0. The molecule has 0 unspecified atom stereocenters. The Kier molecular flexibility index (Phi) is 5.16. The molecule has 25 heavy (non-hydrogen) atoms. The molecule has 0 radical (unpaired) electrons. The third-order valence-corrected chi connectivity index (χ3v) is 4.98. The van der Waals surface area contributed by atoms with E-state index < -0.39 is 5.60 Å². The van der Waals surface area contributed by atoms with Crippen molar-refractivity contribution < 1.29 is 9.90 Å². The van der Waals surface area contributed by atoms with Crippen molar-refractivity contribution in [2.24, 2.45) is 5.92 Å². The monoisotopic (exact) mass is 361 g/mol. The molecule has 1 aliphatic heterocycles. The number of piperidine rings is 1. The molecule has 0 saturated carbocycles. The molecule has 6 heteroatoms. The number of nitrogens with zero attached hydrogens (tertiary/aromatic N) is 2. The maximum Gasteiger partial charge on any atom is 0.271 e. The highest BCUT2D eigenvalue weighted by Crippen LogP contribution is 2.28. The molecule has 1 aromatic carbocycles. The van der Waals surface area contributed by atoms with Crippen molar-refractivity contribution in [1.82, 2.24) is 15.1 Å². The van der Waals surface area contributed by atoms with Crippen molar-refractivity contribution in [3.05, 3.63) is 41.0 Å². The third kappa shape index (κ3) is 4.41. The van der Waals surface area contributed by atoms with Crippen LogP contribution in [0.3, 0.4) is 0 Å². The molecule has 0 aliphatic carbocycles. The molecule has 0 spiro atoms. The number of aromatic amines is 1. The van der Waals surface area contributed by atoms with Gasteiger partial charge in [0.15, 0.2) is 0 Å². The number of nitrogens with one attached hydrogen (secondary N) is 1. The molecular formula is C19H24ClN3O2. The van der Waals surface area contributed by atoms with Gasteiger partial charge in [-0.05, 0) is 51.2 Å². The van der Waals surface area contributed by atoms with Gasteiger partial charge in [0.25, 0.3) is 5.91 Å². The maximum absolute atomic E-state index is 12.7. The van der Waals surface area contributed by atoms with E-state index in [9.17, 15) is 9.90 Å². The number of likely N-dealkylation sites (tertiary alicyclic amines) is 1. The van der Waals surface area contributed by atoms with E-state index in [0.29, 0.717) is 35.4 Å². The van der Waals surface area contributed by atoms with Gasteiger partial charge in [-0.2, -0.15) is 5.10 Å². The summed E-state index contributed by atoms with van der Waals surface area (Å²) in [6.45, 7) is 5.09. The first-order valence-electron chi connectivity index (χ1n) is 8.65. The van der Waals surface area contributed by atoms with Crippen molar-refractivity contribution in [2.75, 3.05) is 13.1 Å². The van der Waals surface area contributed by atoms with Crippen molar-refractivity contribution in [3.8, 4) is 11.3 Å². The molecule has 134 valence electrons. The lowest BCUT2D eigenvalue weighted by atomic mass is 9.86. The van der Waals surface area contributed by atoms with E-state index in [-0.39, 0.29) is 5.91 Å². The summed E-state index contributed by atoms with van der Waals surface area (Å²) in [5, 5.41) is 17.6. The predicted molar refractivity (Wildman–Crippen MR) is 98.6 cm³/mol. The van der Waals surface area contributed by atoms with Crippen LogP contribution in [0.2, 0.25) is 5.02 Å². The average molecular weight is 362 g/mol. The Morgan fingerprint density at radius 1 is 1.36 bits per heavy atom. The van der Waals surface area contributed by atoms with Gasteiger partial charge in [-0.3, -0.25) is 9.89 Å². The quantitative estimate of drug-likeness (QED) is 0.871. The van der Waals surface area contributed by atoms with E-state index in [0.717, 1.165) is 24.8 Å². The minimum atomic E-state index is -0.649. The van der Waals surface area contributed by atoms with Gasteiger partial charge in [-0.15, -0.1) is 0 Å². The fraction of sp³-hybridized carbons (Fsp3) is 0.474. The number of amides is 1. The van der Waals surface area contributed by atoms with E-state index in [1.54, 1.807) is 12.1 Å². The normalized spacial score (nSPS) is 16.2. The minimum absolute atomic E-state index is 0.0347. The summed E-state index contributed by atoms with van der Waals surface area (Å²) in [4.78, 5) is 14.5. The zero-order valence-corrected chi connectivity index (χ0v) is 15.4. The maximum atomic E-state index is 12.7. The van der Waals surface area contributed by atoms with Gasteiger partial charge >= 0.3 is 0 Å². The molecule has 2 N–H and O–H groups in total. The summed E-state index contributed by atoms with van der Waals surface area (Å²) in [5.74, 6) is 0.428. The zero-order valence-electron chi connectivity index (χ0n) is 14.6. The second kappa shape index (κ2) is 7.18. The topological polar surface area (TPSA) is 69.2 Å². The lowest BCUT2D eigenvalue weighted by Gasteiger charge is -2.34. The van der Waals surface area contributed by atoms with Gasteiger partial charge in [-0.25, -0.2) is 0 Å². The second-order valence-electron chi connectivity index (χ2n) is 7.40. The number of halogens is 1. The molecule has 2 aromatic rings. The van der Waals surface area contributed by atoms with Gasteiger partial charge < -0.3 is 10.0 Å². The molecular weight excluding hydrogens is 338 g/mol. The molecule has 1 aliphatic rings. The summed E-state index contributed by atoms with van der Waals surface area (Å²) in [6, 6.07) is 9.20. The van der Waals surface area contributed by atoms with Crippen molar-refractivity contribution in [2.45, 2.75) is 38.7 Å². The largest absolute Gasteiger partial charge is 0.390 e. The Morgan fingerprint density at radius 2 is 2.04 bits per heavy atom.